The standard InChI is InChI=1S/C39H28N4/c1-40-39(27-14-6-3-7-15-27)42-38(26-12-4-2-5-13-26)30-22-23-35(41-25-30)43-33-20-10-17-29-24-28-16-8-9-18-31(28)32-19-11-21-34(43)37(32)36(29)33/h2-23,25,38H,1,24H2. The van der Waals surface area contributed by atoms with Crippen molar-refractivity contribution in [3.63, 3.8) is 0 Å². The van der Waals surface area contributed by atoms with Crippen LogP contribution in [0.25, 0.3) is 38.8 Å². The summed E-state index contributed by atoms with van der Waals surface area (Å²) in [6, 6.07) is 46.3. The second kappa shape index (κ2) is 10.3. The van der Waals surface area contributed by atoms with E-state index in [1.807, 2.05) is 54.7 Å². The molecule has 5 aromatic carbocycles. The van der Waals surface area contributed by atoms with Crippen molar-refractivity contribution >= 4 is 34.4 Å². The topological polar surface area (TPSA) is 42.5 Å². The smallest absolute Gasteiger partial charge is 0.154 e. The summed E-state index contributed by atoms with van der Waals surface area (Å²) in [7, 11) is 0. The molecule has 0 aliphatic heterocycles. The minimum Gasteiger partial charge on any atom is -0.294 e. The van der Waals surface area contributed by atoms with Crippen LogP contribution in [0, 0.1) is 0 Å². The van der Waals surface area contributed by atoms with E-state index in [9.17, 15) is 0 Å². The van der Waals surface area contributed by atoms with E-state index in [1.54, 1.807) is 0 Å². The Balaban J connectivity index is 1.29. The van der Waals surface area contributed by atoms with Crippen LogP contribution in [-0.2, 0) is 6.42 Å². The first-order valence-electron chi connectivity index (χ1n) is 14.5. The molecule has 43 heavy (non-hydrogen) atoms. The zero-order valence-electron chi connectivity index (χ0n) is 23.6. The molecule has 0 spiro atoms. The lowest BCUT2D eigenvalue weighted by molar-refractivity contribution is 0.859. The molecule has 0 amide bonds. The Morgan fingerprint density at radius 2 is 1.30 bits per heavy atom. The summed E-state index contributed by atoms with van der Waals surface area (Å²) in [5.74, 6) is 1.49. The monoisotopic (exact) mass is 552 g/mol. The summed E-state index contributed by atoms with van der Waals surface area (Å²) >= 11 is 0. The van der Waals surface area contributed by atoms with E-state index in [1.165, 1.54) is 38.5 Å². The van der Waals surface area contributed by atoms with Crippen molar-refractivity contribution in [2.45, 2.75) is 12.5 Å². The highest BCUT2D eigenvalue weighted by Gasteiger charge is 2.23. The zero-order valence-corrected chi connectivity index (χ0v) is 23.6. The van der Waals surface area contributed by atoms with Crippen LogP contribution in [0.2, 0.25) is 0 Å². The lowest BCUT2D eigenvalue weighted by atomic mass is 9.97. The molecule has 0 radical (unpaired) electrons. The van der Waals surface area contributed by atoms with Crippen molar-refractivity contribution in [3.05, 3.63) is 167 Å². The summed E-state index contributed by atoms with van der Waals surface area (Å²) in [5, 5.41) is 2.60. The Hall–Kier alpha value is -5.61. The molecule has 2 aromatic heterocycles. The van der Waals surface area contributed by atoms with Crippen LogP contribution >= 0.6 is 0 Å². The third-order valence-corrected chi connectivity index (χ3v) is 8.46. The maximum absolute atomic E-state index is 5.10. The van der Waals surface area contributed by atoms with Gasteiger partial charge in [0, 0.05) is 22.5 Å². The quantitative estimate of drug-likeness (QED) is 0.155. The molecule has 1 unspecified atom stereocenters. The van der Waals surface area contributed by atoms with Crippen LogP contribution in [-0.4, -0.2) is 22.1 Å². The van der Waals surface area contributed by atoms with Gasteiger partial charge in [0.05, 0.1) is 11.0 Å². The number of aromatic nitrogens is 2. The number of amidine groups is 1. The normalized spacial score (nSPS) is 13.2. The largest absolute Gasteiger partial charge is 0.294 e. The molecule has 0 N–H and O–H groups in total. The number of hydrogen-bond donors (Lipinski definition) is 0. The summed E-state index contributed by atoms with van der Waals surface area (Å²) < 4.78 is 2.30. The fourth-order valence-corrected chi connectivity index (χ4v) is 6.53. The van der Waals surface area contributed by atoms with Crippen LogP contribution in [0.5, 0.6) is 0 Å². The second-order valence-electron chi connectivity index (χ2n) is 10.9. The molecule has 1 atom stereocenters. The van der Waals surface area contributed by atoms with Gasteiger partial charge in [0.2, 0.25) is 0 Å². The maximum Gasteiger partial charge on any atom is 0.154 e. The molecule has 1 aliphatic carbocycles. The Kier molecular flexibility index (Phi) is 6.04. The van der Waals surface area contributed by atoms with Crippen molar-refractivity contribution in [3.8, 4) is 16.9 Å². The van der Waals surface area contributed by atoms with E-state index in [0.717, 1.165) is 34.4 Å². The highest BCUT2D eigenvalue weighted by molar-refractivity contribution is 6.18. The minimum atomic E-state index is -0.276. The van der Waals surface area contributed by atoms with Crippen molar-refractivity contribution in [2.75, 3.05) is 0 Å². The van der Waals surface area contributed by atoms with E-state index in [2.05, 4.69) is 101 Å². The molecule has 0 fully saturated rings. The van der Waals surface area contributed by atoms with Gasteiger partial charge in [0.25, 0.3) is 0 Å². The molecule has 0 saturated carbocycles. The van der Waals surface area contributed by atoms with Crippen LogP contribution in [0.15, 0.2) is 150 Å². The molecule has 4 nitrogen and oxygen atoms in total. The minimum absolute atomic E-state index is 0.276. The van der Waals surface area contributed by atoms with E-state index in [0.29, 0.717) is 5.84 Å². The molecule has 4 heteroatoms. The van der Waals surface area contributed by atoms with Crippen molar-refractivity contribution in [2.24, 2.45) is 9.98 Å². The van der Waals surface area contributed by atoms with Gasteiger partial charge in [-0.15, -0.1) is 0 Å². The van der Waals surface area contributed by atoms with E-state index in [4.69, 9.17) is 9.98 Å². The average Bonchev–Trinajstić information content (AvgIpc) is 3.34. The first-order chi connectivity index (χ1) is 21.3. The zero-order chi connectivity index (χ0) is 28.8. The second-order valence-corrected chi connectivity index (χ2v) is 10.9. The predicted octanol–water partition coefficient (Wildman–Crippen LogP) is 8.99. The van der Waals surface area contributed by atoms with Gasteiger partial charge in [-0.05, 0) is 64.7 Å². The van der Waals surface area contributed by atoms with Crippen LogP contribution < -0.4 is 0 Å². The Labute approximate surface area is 250 Å². The molecular weight excluding hydrogens is 524 g/mol. The van der Waals surface area contributed by atoms with Gasteiger partial charge in [-0.25, -0.2) is 9.98 Å². The van der Waals surface area contributed by atoms with E-state index in [-0.39, 0.29) is 6.04 Å². The Bertz CT molecular complexity index is 2160. The van der Waals surface area contributed by atoms with Crippen molar-refractivity contribution in [1.82, 2.24) is 9.55 Å². The summed E-state index contributed by atoms with van der Waals surface area (Å²) in [6.07, 6.45) is 2.86. The van der Waals surface area contributed by atoms with Crippen molar-refractivity contribution < 1.29 is 0 Å². The number of aliphatic imine (C=N–C) groups is 2. The molecule has 0 saturated heterocycles. The van der Waals surface area contributed by atoms with E-state index < -0.39 is 0 Å². The first-order valence-corrected chi connectivity index (χ1v) is 14.5. The lowest BCUT2D eigenvalue weighted by Crippen LogP contribution is -2.06. The van der Waals surface area contributed by atoms with Gasteiger partial charge in [-0.3, -0.25) is 9.56 Å². The van der Waals surface area contributed by atoms with Gasteiger partial charge >= 0.3 is 0 Å². The maximum atomic E-state index is 5.10. The summed E-state index contributed by atoms with van der Waals surface area (Å²) in [4.78, 5) is 14.5. The van der Waals surface area contributed by atoms with Gasteiger partial charge in [0.1, 0.15) is 11.9 Å². The number of hydrogen-bond acceptors (Lipinski definition) is 2. The number of pyridine rings is 1. The van der Waals surface area contributed by atoms with Gasteiger partial charge < -0.3 is 0 Å². The summed E-state index contributed by atoms with van der Waals surface area (Å²) in [5.41, 5.74) is 10.6. The number of fused-ring (bicyclic) bond motifs is 2. The third kappa shape index (κ3) is 4.19. The number of rotatable bonds is 5. The number of benzene rings is 5. The third-order valence-electron chi connectivity index (χ3n) is 8.46. The van der Waals surface area contributed by atoms with E-state index >= 15 is 0 Å². The van der Waals surface area contributed by atoms with Gasteiger partial charge in [0.15, 0.2) is 5.84 Å². The Morgan fingerprint density at radius 3 is 2.07 bits per heavy atom. The number of nitrogens with zero attached hydrogens (tertiary/aromatic N) is 4. The highest BCUT2D eigenvalue weighted by Crippen LogP contribution is 2.44. The molecule has 0 bridgehead atoms. The average molecular weight is 553 g/mol. The van der Waals surface area contributed by atoms with Crippen LogP contribution in [0.3, 0.4) is 0 Å². The molecule has 1 aliphatic rings. The first kappa shape index (κ1) is 25.1. The van der Waals surface area contributed by atoms with Crippen molar-refractivity contribution in [1.29, 1.82) is 0 Å². The summed E-state index contributed by atoms with van der Waals surface area (Å²) in [6.45, 7) is 3.82. The SMILES string of the molecule is C=NC(=NC(c1ccccc1)c1ccc(-n2c3cccc4c3c3c(cccc32)-c2ccccc2C4)nc1)c1ccccc1. The molecule has 204 valence electrons. The lowest BCUT2D eigenvalue weighted by Gasteiger charge is -2.16. The molecule has 8 rings (SSSR count). The Morgan fingerprint density at radius 1 is 0.628 bits per heavy atom. The highest BCUT2D eigenvalue weighted by atomic mass is 15.1. The predicted molar refractivity (Wildman–Crippen MR) is 178 cm³/mol. The molecular formula is C39H28N4. The van der Waals surface area contributed by atoms with Crippen LogP contribution in [0.1, 0.15) is 33.9 Å². The van der Waals surface area contributed by atoms with Gasteiger partial charge in [-0.2, -0.15) is 0 Å². The molecule has 7 aromatic rings. The fourth-order valence-electron chi connectivity index (χ4n) is 6.53. The molecule has 2 heterocycles. The van der Waals surface area contributed by atoms with Gasteiger partial charge in [-0.1, -0.05) is 115 Å². The fraction of sp³-hybridized carbons (Fsp3) is 0.0513. The van der Waals surface area contributed by atoms with Crippen LogP contribution in [0.4, 0.5) is 0 Å².